The summed E-state index contributed by atoms with van der Waals surface area (Å²) in [6.07, 6.45) is 2.12. The van der Waals surface area contributed by atoms with Crippen molar-refractivity contribution in [2.24, 2.45) is 11.8 Å². The zero-order valence-electron chi connectivity index (χ0n) is 15.8. The predicted molar refractivity (Wildman–Crippen MR) is 104 cm³/mol. The van der Waals surface area contributed by atoms with E-state index in [1.54, 1.807) is 0 Å². The van der Waals surface area contributed by atoms with Gasteiger partial charge in [-0.25, -0.2) is 0 Å². The average Bonchev–Trinajstić information content (AvgIpc) is 2.56. The first kappa shape index (κ1) is 17.9. The van der Waals surface area contributed by atoms with Crippen LogP contribution < -0.4 is 5.32 Å². The van der Waals surface area contributed by atoms with Crippen molar-refractivity contribution in [3.63, 3.8) is 0 Å². The van der Waals surface area contributed by atoms with Crippen LogP contribution in [0.25, 0.3) is 10.9 Å². The van der Waals surface area contributed by atoms with Gasteiger partial charge in [-0.15, -0.1) is 0 Å². The summed E-state index contributed by atoms with van der Waals surface area (Å²) in [6.45, 7) is 11.2. The van der Waals surface area contributed by atoms with Gasteiger partial charge in [0.05, 0.1) is 17.7 Å². The third-order valence-electron chi connectivity index (χ3n) is 5.15. The van der Waals surface area contributed by atoms with Crippen LogP contribution in [0.4, 0.5) is 5.69 Å². The number of hydrogen-bond donors (Lipinski definition) is 1. The van der Waals surface area contributed by atoms with E-state index in [0.717, 1.165) is 47.4 Å². The lowest BCUT2D eigenvalue weighted by atomic mass is 9.92. The minimum Gasteiger partial charge on any atom is -0.324 e. The Morgan fingerprint density at radius 1 is 1.24 bits per heavy atom. The van der Waals surface area contributed by atoms with Crippen molar-refractivity contribution in [3.8, 4) is 0 Å². The topological polar surface area (TPSA) is 45.2 Å². The third kappa shape index (κ3) is 4.01. The molecule has 1 aliphatic heterocycles. The second-order valence-electron chi connectivity index (χ2n) is 7.62. The molecule has 1 aromatic heterocycles. The Kier molecular flexibility index (Phi) is 5.38. The predicted octanol–water partition coefficient (Wildman–Crippen LogP) is 4.02. The molecule has 1 saturated heterocycles. The van der Waals surface area contributed by atoms with E-state index in [9.17, 15) is 4.79 Å². The Morgan fingerprint density at radius 3 is 2.60 bits per heavy atom. The number of pyridine rings is 1. The fraction of sp³-hybridized carbons (Fsp3) is 0.524. The van der Waals surface area contributed by atoms with Gasteiger partial charge in [-0.1, -0.05) is 39.0 Å². The molecule has 1 fully saturated rings. The van der Waals surface area contributed by atoms with Crippen molar-refractivity contribution in [1.29, 1.82) is 0 Å². The molecule has 1 N–H and O–H groups in total. The van der Waals surface area contributed by atoms with E-state index in [0.29, 0.717) is 18.4 Å². The Bertz CT molecular complexity index is 761. The Labute approximate surface area is 150 Å². The quantitative estimate of drug-likeness (QED) is 0.915. The molecule has 0 unspecified atom stereocenters. The number of fused-ring (bicyclic) bond motifs is 1. The molecule has 1 aromatic carbocycles. The molecule has 25 heavy (non-hydrogen) atoms. The van der Waals surface area contributed by atoms with E-state index >= 15 is 0 Å². The molecular weight excluding hydrogens is 310 g/mol. The Hall–Kier alpha value is -1.94. The molecule has 4 heteroatoms. The number of anilines is 1. The first-order valence-corrected chi connectivity index (χ1v) is 9.38. The maximum absolute atomic E-state index is 12.7. The number of nitrogens with one attached hydrogen (secondary N) is 1. The number of piperidine rings is 1. The maximum atomic E-state index is 12.7. The number of carbonyl (C=O) groups excluding carboxylic acids is 1. The van der Waals surface area contributed by atoms with Crippen LogP contribution in [0.15, 0.2) is 24.3 Å². The second-order valence-corrected chi connectivity index (χ2v) is 7.62. The smallest absolute Gasteiger partial charge is 0.238 e. The highest BCUT2D eigenvalue weighted by Gasteiger charge is 2.23. The van der Waals surface area contributed by atoms with Crippen molar-refractivity contribution in [2.75, 3.05) is 25.0 Å². The normalized spacial score (nSPS) is 21.4. The molecule has 4 nitrogen and oxygen atoms in total. The van der Waals surface area contributed by atoms with Crippen LogP contribution in [0.5, 0.6) is 0 Å². The zero-order valence-corrected chi connectivity index (χ0v) is 15.8. The van der Waals surface area contributed by atoms with E-state index in [4.69, 9.17) is 4.98 Å². The van der Waals surface area contributed by atoms with E-state index in [-0.39, 0.29) is 5.91 Å². The summed E-state index contributed by atoms with van der Waals surface area (Å²) in [5.74, 6) is 1.39. The van der Waals surface area contributed by atoms with Crippen molar-refractivity contribution in [1.82, 2.24) is 9.88 Å². The van der Waals surface area contributed by atoms with E-state index < -0.39 is 0 Å². The largest absolute Gasteiger partial charge is 0.324 e. The van der Waals surface area contributed by atoms with Gasteiger partial charge >= 0.3 is 0 Å². The number of carbonyl (C=O) groups is 1. The summed E-state index contributed by atoms with van der Waals surface area (Å²) in [7, 11) is 0. The van der Waals surface area contributed by atoms with Crippen LogP contribution in [-0.2, 0) is 11.2 Å². The van der Waals surface area contributed by atoms with Gasteiger partial charge in [-0.2, -0.15) is 0 Å². The van der Waals surface area contributed by atoms with Gasteiger partial charge < -0.3 is 5.32 Å². The van der Waals surface area contributed by atoms with Gasteiger partial charge in [0.2, 0.25) is 5.91 Å². The minimum atomic E-state index is 0.0720. The van der Waals surface area contributed by atoms with Gasteiger partial charge in [0, 0.05) is 24.2 Å². The number of likely N-dealkylation sites (tertiary alicyclic amines) is 1. The van der Waals surface area contributed by atoms with Gasteiger partial charge in [0.1, 0.15) is 0 Å². The minimum absolute atomic E-state index is 0.0720. The van der Waals surface area contributed by atoms with E-state index in [1.807, 2.05) is 24.3 Å². The monoisotopic (exact) mass is 339 g/mol. The van der Waals surface area contributed by atoms with E-state index in [2.05, 4.69) is 37.9 Å². The number of rotatable bonds is 4. The molecule has 1 aliphatic rings. The number of para-hydroxylation sites is 1. The number of nitrogens with zero attached hydrogens (tertiary/aromatic N) is 2. The van der Waals surface area contributed by atoms with Gasteiger partial charge in [-0.3, -0.25) is 14.7 Å². The second kappa shape index (κ2) is 7.52. The molecule has 2 aromatic rings. The van der Waals surface area contributed by atoms with Gasteiger partial charge in [0.15, 0.2) is 0 Å². The summed E-state index contributed by atoms with van der Waals surface area (Å²) in [5, 5.41) is 4.20. The standard InChI is InChI=1S/C21H29N3O/c1-5-18-16(4)21(17-8-6-7-9-19(17)22-18)23-20(25)13-24-11-14(2)10-15(3)12-24/h6-9,14-15H,5,10-13H2,1-4H3,(H,22,23,25)/t14-,15-/m1/s1. The lowest BCUT2D eigenvalue weighted by Gasteiger charge is -2.34. The van der Waals surface area contributed by atoms with Crippen LogP contribution in [0.2, 0.25) is 0 Å². The summed E-state index contributed by atoms with van der Waals surface area (Å²) >= 11 is 0. The fourth-order valence-electron chi connectivity index (χ4n) is 4.17. The van der Waals surface area contributed by atoms with Gasteiger partial charge in [-0.05, 0) is 43.2 Å². The highest BCUT2D eigenvalue weighted by Crippen LogP contribution is 2.28. The van der Waals surface area contributed by atoms with Crippen LogP contribution in [0.3, 0.4) is 0 Å². The van der Waals surface area contributed by atoms with Crippen LogP contribution in [-0.4, -0.2) is 35.4 Å². The molecule has 0 radical (unpaired) electrons. The molecule has 1 amide bonds. The van der Waals surface area contributed by atoms with Crippen LogP contribution in [0.1, 0.15) is 38.4 Å². The lowest BCUT2D eigenvalue weighted by Crippen LogP contribution is -2.42. The zero-order chi connectivity index (χ0) is 18.0. The van der Waals surface area contributed by atoms with Crippen molar-refractivity contribution in [2.45, 2.75) is 40.5 Å². The summed E-state index contributed by atoms with van der Waals surface area (Å²) in [4.78, 5) is 19.7. The molecule has 3 rings (SSSR count). The molecule has 0 saturated carbocycles. The van der Waals surface area contributed by atoms with Crippen molar-refractivity contribution < 1.29 is 4.79 Å². The molecule has 0 spiro atoms. The SMILES string of the molecule is CCc1nc2ccccc2c(NC(=O)CN2C[C@H](C)C[C@@H](C)C2)c1C. The average molecular weight is 339 g/mol. The molecule has 134 valence electrons. The maximum Gasteiger partial charge on any atom is 0.238 e. The Morgan fingerprint density at radius 2 is 1.92 bits per heavy atom. The number of aryl methyl sites for hydroxylation is 1. The Balaban J connectivity index is 1.82. The molecule has 2 atom stereocenters. The van der Waals surface area contributed by atoms with Crippen LogP contribution in [0, 0.1) is 18.8 Å². The lowest BCUT2D eigenvalue weighted by molar-refractivity contribution is -0.117. The number of aromatic nitrogens is 1. The summed E-state index contributed by atoms with van der Waals surface area (Å²) in [6, 6.07) is 8.04. The molecular formula is C21H29N3O. The van der Waals surface area contributed by atoms with Crippen molar-refractivity contribution in [3.05, 3.63) is 35.5 Å². The number of amides is 1. The first-order valence-electron chi connectivity index (χ1n) is 9.38. The fourth-order valence-corrected chi connectivity index (χ4v) is 4.17. The first-order chi connectivity index (χ1) is 12.0. The van der Waals surface area contributed by atoms with Crippen LogP contribution >= 0.6 is 0 Å². The van der Waals surface area contributed by atoms with Crippen molar-refractivity contribution >= 4 is 22.5 Å². The number of benzene rings is 1. The highest BCUT2D eigenvalue weighted by molar-refractivity contribution is 6.03. The number of hydrogen-bond acceptors (Lipinski definition) is 3. The third-order valence-corrected chi connectivity index (χ3v) is 5.15. The molecule has 0 bridgehead atoms. The summed E-state index contributed by atoms with van der Waals surface area (Å²) < 4.78 is 0. The molecule has 0 aliphatic carbocycles. The van der Waals surface area contributed by atoms with E-state index in [1.165, 1.54) is 6.42 Å². The van der Waals surface area contributed by atoms with Gasteiger partial charge in [0.25, 0.3) is 0 Å². The highest BCUT2D eigenvalue weighted by atomic mass is 16.2. The summed E-state index contributed by atoms with van der Waals surface area (Å²) in [5.41, 5.74) is 4.00. The molecule has 2 heterocycles.